The molecule has 10 heteroatoms. The number of rotatable bonds is 11. The second-order valence-corrected chi connectivity index (χ2v) is 8.91. The lowest BCUT2D eigenvalue weighted by molar-refractivity contribution is -0.136. The second kappa shape index (κ2) is 14.0. The van der Waals surface area contributed by atoms with Crippen molar-refractivity contribution in [2.75, 3.05) is 30.3 Å². The van der Waals surface area contributed by atoms with E-state index in [9.17, 15) is 14.4 Å². The van der Waals surface area contributed by atoms with Gasteiger partial charge in [-0.2, -0.15) is 0 Å². The highest BCUT2D eigenvalue weighted by molar-refractivity contribution is 7.99. The minimum absolute atomic E-state index is 0. The fourth-order valence-electron chi connectivity index (χ4n) is 3.61. The number of anilines is 1. The van der Waals surface area contributed by atoms with Gasteiger partial charge < -0.3 is 26.4 Å². The molecule has 3 rings (SSSR count). The van der Waals surface area contributed by atoms with Crippen LogP contribution in [0.1, 0.15) is 18.4 Å². The highest BCUT2D eigenvalue weighted by Crippen LogP contribution is 2.34. The van der Waals surface area contributed by atoms with Crippen LogP contribution < -0.4 is 21.7 Å². The van der Waals surface area contributed by atoms with Crippen LogP contribution in [0.3, 0.4) is 0 Å². The topological polar surface area (TPSA) is 128 Å². The Morgan fingerprint density at radius 3 is 2.53 bits per heavy atom. The molecule has 5 N–H and O–H groups in total. The third kappa shape index (κ3) is 7.73. The van der Waals surface area contributed by atoms with Gasteiger partial charge in [0.2, 0.25) is 17.7 Å². The number of primary amides is 1. The molecule has 34 heavy (non-hydrogen) atoms. The number of fused-ring (bicyclic) bond motifs is 1. The first-order chi connectivity index (χ1) is 16.0. The monoisotopic (exact) mass is 506 g/mol. The molecule has 2 atom stereocenters. The summed E-state index contributed by atoms with van der Waals surface area (Å²) in [6.07, 6.45) is -0.506. The molecule has 0 saturated heterocycles. The third-order valence-corrected chi connectivity index (χ3v) is 6.43. The zero-order valence-corrected chi connectivity index (χ0v) is 20.5. The Morgan fingerprint density at radius 2 is 1.82 bits per heavy atom. The van der Waals surface area contributed by atoms with Gasteiger partial charge in [-0.3, -0.25) is 14.4 Å². The molecule has 1 aliphatic heterocycles. The first kappa shape index (κ1) is 27.7. The van der Waals surface area contributed by atoms with Crippen molar-refractivity contribution in [3.63, 3.8) is 0 Å². The molecular formula is C24H31ClN4O4S. The van der Waals surface area contributed by atoms with Crippen molar-refractivity contribution in [1.82, 2.24) is 5.32 Å². The summed E-state index contributed by atoms with van der Waals surface area (Å²) in [5, 5.41) is 2.73. The lowest BCUT2D eigenvalue weighted by Crippen LogP contribution is -2.45. The predicted molar refractivity (Wildman–Crippen MR) is 136 cm³/mol. The maximum Gasteiger partial charge on any atom is 0.249 e. The molecule has 0 fully saturated rings. The molecular weight excluding hydrogens is 476 g/mol. The fourth-order valence-corrected chi connectivity index (χ4v) is 4.61. The number of carbonyl (C=O) groups excluding carboxylic acids is 3. The number of nitrogens with one attached hydrogen (secondary N) is 1. The van der Waals surface area contributed by atoms with E-state index in [-0.39, 0.29) is 50.3 Å². The van der Waals surface area contributed by atoms with Crippen molar-refractivity contribution in [3.05, 3.63) is 60.2 Å². The Kier molecular flexibility index (Phi) is 11.4. The van der Waals surface area contributed by atoms with Crippen LogP contribution in [0.25, 0.3) is 0 Å². The number of para-hydroxylation sites is 1. The quantitative estimate of drug-likeness (QED) is 0.428. The van der Waals surface area contributed by atoms with Gasteiger partial charge in [0.05, 0.1) is 18.2 Å². The van der Waals surface area contributed by atoms with Gasteiger partial charge in [0.1, 0.15) is 6.10 Å². The molecule has 1 heterocycles. The van der Waals surface area contributed by atoms with Crippen molar-refractivity contribution in [3.8, 4) is 0 Å². The number of hydrogen-bond donors (Lipinski definition) is 3. The first-order valence-electron chi connectivity index (χ1n) is 10.9. The van der Waals surface area contributed by atoms with Crippen molar-refractivity contribution >= 4 is 47.6 Å². The lowest BCUT2D eigenvalue weighted by Gasteiger charge is -2.28. The number of benzene rings is 2. The van der Waals surface area contributed by atoms with E-state index in [4.69, 9.17) is 16.2 Å². The van der Waals surface area contributed by atoms with Gasteiger partial charge in [0.15, 0.2) is 0 Å². The van der Waals surface area contributed by atoms with Gasteiger partial charge in [0, 0.05) is 36.7 Å². The summed E-state index contributed by atoms with van der Waals surface area (Å²) in [5.74, 6) is -1.13. The Balaban J connectivity index is 0.00000408. The van der Waals surface area contributed by atoms with Gasteiger partial charge in [-0.05, 0) is 24.1 Å². The molecule has 0 saturated carbocycles. The lowest BCUT2D eigenvalue weighted by atomic mass is 9.98. The number of halogens is 1. The van der Waals surface area contributed by atoms with E-state index in [2.05, 4.69) is 5.32 Å². The minimum Gasteiger partial charge on any atom is -0.369 e. The first-order valence-corrected chi connectivity index (χ1v) is 11.9. The number of nitrogens with two attached hydrogens (primary N) is 2. The largest absolute Gasteiger partial charge is 0.369 e. The highest BCUT2D eigenvalue weighted by Gasteiger charge is 2.32. The van der Waals surface area contributed by atoms with Crippen molar-refractivity contribution in [2.45, 2.75) is 30.4 Å². The molecule has 0 radical (unpaired) electrons. The number of carbonyl (C=O) groups is 3. The van der Waals surface area contributed by atoms with E-state index in [1.54, 1.807) is 16.7 Å². The molecule has 184 valence electrons. The summed E-state index contributed by atoms with van der Waals surface area (Å²) in [6.45, 7) is 0.865. The summed E-state index contributed by atoms with van der Waals surface area (Å²) >= 11 is 1.61. The van der Waals surface area contributed by atoms with E-state index in [1.807, 2.05) is 54.6 Å². The molecule has 0 bridgehead atoms. The molecule has 2 aromatic carbocycles. The third-order valence-electron chi connectivity index (χ3n) is 5.36. The van der Waals surface area contributed by atoms with Crippen LogP contribution in [0, 0.1) is 5.92 Å². The molecule has 0 aliphatic carbocycles. The summed E-state index contributed by atoms with van der Waals surface area (Å²) in [4.78, 5) is 40.6. The fraction of sp³-hybridized carbons (Fsp3) is 0.375. The Hall–Kier alpha value is -2.59. The Morgan fingerprint density at radius 1 is 1.12 bits per heavy atom. The number of ether oxygens (including phenoxy) is 1. The summed E-state index contributed by atoms with van der Waals surface area (Å²) < 4.78 is 5.91. The molecule has 0 aromatic heterocycles. The predicted octanol–water partition coefficient (Wildman–Crippen LogP) is 2.09. The zero-order valence-electron chi connectivity index (χ0n) is 18.9. The summed E-state index contributed by atoms with van der Waals surface area (Å²) in [5.41, 5.74) is 12.9. The molecule has 3 amide bonds. The zero-order chi connectivity index (χ0) is 23.6. The van der Waals surface area contributed by atoms with Gasteiger partial charge in [-0.15, -0.1) is 24.2 Å². The van der Waals surface area contributed by atoms with E-state index in [0.717, 1.165) is 16.1 Å². The average Bonchev–Trinajstić information content (AvgIpc) is 2.98. The van der Waals surface area contributed by atoms with E-state index in [1.165, 1.54) is 0 Å². The van der Waals surface area contributed by atoms with Crippen LogP contribution in [0.4, 0.5) is 5.69 Å². The smallest absolute Gasteiger partial charge is 0.249 e. The van der Waals surface area contributed by atoms with E-state index < -0.39 is 17.9 Å². The summed E-state index contributed by atoms with van der Waals surface area (Å²) in [7, 11) is 0. The number of nitrogens with zero attached hydrogens (tertiary/aromatic N) is 1. The Labute approximate surface area is 210 Å². The normalized spacial score (nSPS) is 14.9. The van der Waals surface area contributed by atoms with E-state index in [0.29, 0.717) is 18.7 Å². The van der Waals surface area contributed by atoms with Gasteiger partial charge in [-0.1, -0.05) is 42.5 Å². The van der Waals surface area contributed by atoms with Gasteiger partial charge in [0.25, 0.3) is 0 Å². The second-order valence-electron chi connectivity index (χ2n) is 7.77. The minimum atomic E-state index is -0.916. The molecule has 1 unspecified atom stereocenters. The maximum absolute atomic E-state index is 12.8. The standard InChI is InChI=1S/C24H30N4O4S.ClH/c25-11-12-27-24(31)20(32-16-17-6-2-1-3-7-17)14-18(23(26)30)15-28-19-8-4-5-9-21(19)33-13-10-22(28)29;/h1-9,18,20H,10-16,25H2,(H2,26,30)(H,27,31);1H/t18?,20-;/m1./s1. The van der Waals surface area contributed by atoms with Crippen LogP contribution >= 0.6 is 24.2 Å². The van der Waals surface area contributed by atoms with Gasteiger partial charge >= 0.3 is 0 Å². The number of amides is 3. The van der Waals surface area contributed by atoms with Crippen LogP contribution in [-0.4, -0.2) is 49.2 Å². The Bertz CT molecular complexity index is 963. The number of hydrogen-bond acceptors (Lipinski definition) is 6. The number of thioether (sulfide) groups is 1. The van der Waals surface area contributed by atoms with Crippen molar-refractivity contribution < 1.29 is 19.1 Å². The van der Waals surface area contributed by atoms with Crippen molar-refractivity contribution in [1.29, 1.82) is 0 Å². The SMILES string of the molecule is Cl.NCCNC(=O)[C@@H](CC(CN1C(=O)CCSc2ccccc21)C(N)=O)OCc1ccccc1. The average molecular weight is 507 g/mol. The maximum atomic E-state index is 12.8. The van der Waals surface area contributed by atoms with E-state index >= 15 is 0 Å². The van der Waals surface area contributed by atoms with Crippen molar-refractivity contribution in [2.24, 2.45) is 17.4 Å². The van der Waals surface area contributed by atoms with Crippen LogP contribution in [0.5, 0.6) is 0 Å². The molecule has 1 aliphatic rings. The molecule has 2 aromatic rings. The van der Waals surface area contributed by atoms with Crippen LogP contribution in [0.2, 0.25) is 0 Å². The van der Waals surface area contributed by atoms with Crippen LogP contribution in [-0.2, 0) is 25.7 Å². The molecule has 0 spiro atoms. The van der Waals surface area contributed by atoms with Crippen LogP contribution in [0.15, 0.2) is 59.5 Å². The molecule has 8 nitrogen and oxygen atoms in total. The highest BCUT2D eigenvalue weighted by atomic mass is 35.5. The summed E-state index contributed by atoms with van der Waals surface area (Å²) in [6, 6.07) is 17.0. The van der Waals surface area contributed by atoms with Gasteiger partial charge in [-0.25, -0.2) is 0 Å².